The molecular weight excluding hydrogens is 200 g/mol. The average Bonchev–Trinajstić information content (AvgIpc) is 3.00. The fraction of sp³-hybridized carbons (Fsp3) is 0.462. The van der Waals surface area contributed by atoms with Crippen molar-refractivity contribution >= 4 is 5.91 Å². The maximum Gasteiger partial charge on any atom is 0.244 e. The Morgan fingerprint density at radius 1 is 1.25 bits per heavy atom. The zero-order valence-corrected chi connectivity index (χ0v) is 9.25. The van der Waals surface area contributed by atoms with E-state index in [9.17, 15) is 4.79 Å². The van der Waals surface area contributed by atoms with Crippen LogP contribution in [-0.2, 0) is 23.1 Å². The van der Waals surface area contributed by atoms with E-state index < -0.39 is 0 Å². The van der Waals surface area contributed by atoms with Gasteiger partial charge in [-0.2, -0.15) is 0 Å². The normalized spacial score (nSPS) is 20.3. The van der Waals surface area contributed by atoms with Crippen LogP contribution in [0.25, 0.3) is 0 Å². The molecule has 0 saturated heterocycles. The molecule has 0 atom stereocenters. The van der Waals surface area contributed by atoms with E-state index in [4.69, 9.17) is 5.84 Å². The molecule has 1 saturated carbocycles. The number of hydrazine groups is 1. The van der Waals surface area contributed by atoms with Gasteiger partial charge >= 0.3 is 0 Å². The quantitative estimate of drug-likeness (QED) is 0.443. The van der Waals surface area contributed by atoms with Crippen LogP contribution in [0.1, 0.15) is 36.0 Å². The Bertz CT molecular complexity index is 449. The van der Waals surface area contributed by atoms with Crippen molar-refractivity contribution in [2.45, 2.75) is 37.5 Å². The molecule has 1 fully saturated rings. The smallest absolute Gasteiger partial charge is 0.244 e. The van der Waals surface area contributed by atoms with Crippen molar-refractivity contribution < 1.29 is 4.79 Å². The number of nitrogens with one attached hydrogen (secondary N) is 1. The summed E-state index contributed by atoms with van der Waals surface area (Å²) in [6.45, 7) is 0. The number of hydrogen-bond donors (Lipinski definition) is 2. The van der Waals surface area contributed by atoms with E-state index in [0.717, 1.165) is 24.8 Å². The van der Waals surface area contributed by atoms with E-state index in [2.05, 4.69) is 23.6 Å². The second-order valence-corrected chi connectivity index (χ2v) is 4.89. The third-order valence-electron chi connectivity index (χ3n) is 3.97. The Labute approximate surface area is 95.0 Å². The monoisotopic (exact) mass is 216 g/mol. The lowest BCUT2D eigenvalue weighted by Crippen LogP contribution is -2.39. The van der Waals surface area contributed by atoms with Crippen molar-refractivity contribution in [2.24, 2.45) is 5.84 Å². The molecule has 1 aromatic carbocycles. The summed E-state index contributed by atoms with van der Waals surface area (Å²) in [5.41, 5.74) is 6.01. The summed E-state index contributed by atoms with van der Waals surface area (Å²) in [6.07, 6.45) is 5.44. The summed E-state index contributed by atoms with van der Waals surface area (Å²) in [4.78, 5) is 11.8. The van der Waals surface area contributed by atoms with Gasteiger partial charge < -0.3 is 0 Å². The molecule has 2 aliphatic carbocycles. The predicted octanol–water partition coefficient (Wildman–Crippen LogP) is 1.20. The van der Waals surface area contributed by atoms with Crippen molar-refractivity contribution in [3.8, 4) is 0 Å². The Hall–Kier alpha value is -1.35. The van der Waals surface area contributed by atoms with Gasteiger partial charge in [0.2, 0.25) is 5.91 Å². The van der Waals surface area contributed by atoms with Crippen LogP contribution in [0, 0.1) is 0 Å². The zero-order chi connectivity index (χ0) is 11.2. The van der Waals surface area contributed by atoms with Crippen molar-refractivity contribution in [2.75, 3.05) is 0 Å². The van der Waals surface area contributed by atoms with Crippen LogP contribution in [0.2, 0.25) is 0 Å². The number of aryl methyl sites for hydroxylation is 2. The molecule has 1 amide bonds. The second kappa shape index (κ2) is 3.32. The highest BCUT2D eigenvalue weighted by atomic mass is 16.2. The molecule has 3 heteroatoms. The maximum atomic E-state index is 11.8. The minimum atomic E-state index is -0.313. The molecule has 84 valence electrons. The van der Waals surface area contributed by atoms with E-state index in [1.807, 2.05) is 0 Å². The fourth-order valence-corrected chi connectivity index (χ4v) is 2.78. The summed E-state index contributed by atoms with van der Waals surface area (Å²) in [5, 5.41) is 0. The first-order valence-corrected chi connectivity index (χ1v) is 5.90. The van der Waals surface area contributed by atoms with Crippen LogP contribution < -0.4 is 11.3 Å². The van der Waals surface area contributed by atoms with Crippen molar-refractivity contribution in [1.29, 1.82) is 0 Å². The van der Waals surface area contributed by atoms with Gasteiger partial charge in [-0.15, -0.1) is 0 Å². The molecule has 0 bridgehead atoms. The lowest BCUT2D eigenvalue weighted by molar-refractivity contribution is -0.123. The molecule has 0 unspecified atom stereocenters. The number of amides is 1. The number of hydrogen-bond acceptors (Lipinski definition) is 2. The Balaban J connectivity index is 1.99. The highest BCUT2D eigenvalue weighted by Gasteiger charge is 2.51. The summed E-state index contributed by atoms with van der Waals surface area (Å²) in [6, 6.07) is 6.50. The van der Waals surface area contributed by atoms with Crippen LogP contribution >= 0.6 is 0 Å². The number of carbonyl (C=O) groups excluding carboxylic acids is 1. The standard InChI is InChI=1S/C13H16N2O/c14-15-12(16)13(6-7-13)11-5-4-9-2-1-3-10(9)8-11/h4-5,8H,1-3,6-7,14H2,(H,15,16). The van der Waals surface area contributed by atoms with Crippen LogP contribution in [0.15, 0.2) is 18.2 Å². The van der Waals surface area contributed by atoms with Gasteiger partial charge in [-0.05, 0) is 48.8 Å². The number of benzene rings is 1. The Kier molecular flexibility index (Phi) is 2.04. The number of rotatable bonds is 2. The molecule has 16 heavy (non-hydrogen) atoms. The van der Waals surface area contributed by atoms with Gasteiger partial charge in [0.15, 0.2) is 0 Å². The molecule has 0 aromatic heterocycles. The molecule has 1 aromatic rings. The highest BCUT2D eigenvalue weighted by Crippen LogP contribution is 2.49. The topological polar surface area (TPSA) is 55.1 Å². The van der Waals surface area contributed by atoms with Gasteiger partial charge in [0.25, 0.3) is 0 Å². The lowest BCUT2D eigenvalue weighted by atomic mass is 9.92. The molecular formula is C13H16N2O. The summed E-state index contributed by atoms with van der Waals surface area (Å²) in [7, 11) is 0. The highest BCUT2D eigenvalue weighted by molar-refractivity contribution is 5.90. The van der Waals surface area contributed by atoms with Gasteiger partial charge in [-0.1, -0.05) is 18.2 Å². The third kappa shape index (κ3) is 1.28. The Morgan fingerprint density at radius 3 is 2.69 bits per heavy atom. The summed E-state index contributed by atoms with van der Waals surface area (Å²) in [5.74, 6) is 5.21. The number of nitrogens with two attached hydrogens (primary N) is 1. The first-order valence-electron chi connectivity index (χ1n) is 5.90. The fourth-order valence-electron chi connectivity index (χ4n) is 2.78. The largest absolute Gasteiger partial charge is 0.293 e. The van der Waals surface area contributed by atoms with Crippen LogP contribution in [0.5, 0.6) is 0 Å². The lowest BCUT2D eigenvalue weighted by Gasteiger charge is -2.14. The van der Waals surface area contributed by atoms with Gasteiger partial charge in [0.1, 0.15) is 0 Å². The molecule has 3 N–H and O–H groups in total. The van der Waals surface area contributed by atoms with Crippen LogP contribution in [0.4, 0.5) is 0 Å². The molecule has 2 aliphatic rings. The predicted molar refractivity (Wildman–Crippen MR) is 61.7 cm³/mol. The molecule has 3 nitrogen and oxygen atoms in total. The van der Waals surface area contributed by atoms with Gasteiger partial charge in [0.05, 0.1) is 5.41 Å². The number of carbonyl (C=O) groups is 1. The molecule has 0 heterocycles. The summed E-state index contributed by atoms with van der Waals surface area (Å²) < 4.78 is 0. The number of fused-ring (bicyclic) bond motifs is 1. The van der Waals surface area contributed by atoms with E-state index in [1.165, 1.54) is 24.0 Å². The van der Waals surface area contributed by atoms with Gasteiger partial charge in [0, 0.05) is 0 Å². The van der Waals surface area contributed by atoms with Gasteiger partial charge in [-0.3, -0.25) is 10.2 Å². The van der Waals surface area contributed by atoms with Crippen LogP contribution in [0.3, 0.4) is 0 Å². The van der Waals surface area contributed by atoms with E-state index >= 15 is 0 Å². The van der Waals surface area contributed by atoms with E-state index in [1.54, 1.807) is 0 Å². The zero-order valence-electron chi connectivity index (χ0n) is 9.25. The van der Waals surface area contributed by atoms with Crippen molar-refractivity contribution in [3.05, 3.63) is 34.9 Å². The Morgan fingerprint density at radius 2 is 2.00 bits per heavy atom. The van der Waals surface area contributed by atoms with Crippen LogP contribution in [-0.4, -0.2) is 5.91 Å². The summed E-state index contributed by atoms with van der Waals surface area (Å²) >= 11 is 0. The third-order valence-corrected chi connectivity index (χ3v) is 3.97. The average molecular weight is 216 g/mol. The molecule has 0 aliphatic heterocycles. The second-order valence-electron chi connectivity index (χ2n) is 4.89. The van der Waals surface area contributed by atoms with Gasteiger partial charge in [-0.25, -0.2) is 5.84 Å². The van der Waals surface area contributed by atoms with Crippen molar-refractivity contribution in [1.82, 2.24) is 5.43 Å². The molecule has 0 radical (unpaired) electrons. The first kappa shape index (κ1) is 9.85. The van der Waals surface area contributed by atoms with E-state index in [-0.39, 0.29) is 11.3 Å². The maximum absolute atomic E-state index is 11.8. The minimum Gasteiger partial charge on any atom is -0.293 e. The van der Waals surface area contributed by atoms with E-state index in [0.29, 0.717) is 0 Å². The first-order chi connectivity index (χ1) is 7.76. The minimum absolute atomic E-state index is 0.0366. The molecule has 3 rings (SSSR count). The molecule has 0 spiro atoms. The van der Waals surface area contributed by atoms with Crippen molar-refractivity contribution in [3.63, 3.8) is 0 Å². The SMILES string of the molecule is NNC(=O)C1(c2ccc3c(c2)CCC3)CC1.